The van der Waals surface area contributed by atoms with E-state index in [0.29, 0.717) is 0 Å². The number of rotatable bonds is 20. The van der Waals surface area contributed by atoms with Crippen LogP contribution in [-0.4, -0.2) is 69.6 Å². The molecule has 7 unspecified atom stereocenters. The zero-order chi connectivity index (χ0) is 27.0. The van der Waals surface area contributed by atoms with Crippen LogP contribution in [-0.2, 0) is 28.5 Å². The monoisotopic (exact) mass is 499 g/mol. The fourth-order valence-corrected chi connectivity index (χ4v) is 4.32. The van der Waals surface area contributed by atoms with Crippen molar-refractivity contribution in [2.45, 2.75) is 105 Å². The second-order valence-electron chi connectivity index (χ2n) is 10.1. The van der Waals surface area contributed by atoms with Crippen molar-refractivity contribution in [3.05, 3.63) is 12.3 Å². The van der Waals surface area contributed by atoms with Gasteiger partial charge in [0.05, 0.1) is 24.2 Å². The van der Waals surface area contributed by atoms with E-state index < -0.39 is 0 Å². The Morgan fingerprint density at radius 1 is 0.971 bits per heavy atom. The number of methoxy groups -OCH3 is 2. The minimum Gasteiger partial charge on any atom is -0.462 e. The van der Waals surface area contributed by atoms with Gasteiger partial charge in [0, 0.05) is 45.9 Å². The molecule has 0 saturated heterocycles. The maximum Gasteiger partial charge on any atom is 0.308 e. The van der Waals surface area contributed by atoms with E-state index in [9.17, 15) is 9.59 Å². The molecule has 0 rings (SSSR count). The van der Waals surface area contributed by atoms with Crippen LogP contribution in [0.1, 0.15) is 80.6 Å². The van der Waals surface area contributed by atoms with Gasteiger partial charge in [-0.05, 0) is 38.0 Å². The second-order valence-corrected chi connectivity index (χ2v) is 10.1. The molecule has 0 radical (unpaired) electrons. The Morgan fingerprint density at radius 3 is 2.11 bits per heavy atom. The van der Waals surface area contributed by atoms with Crippen molar-refractivity contribution in [1.82, 2.24) is 4.90 Å². The Kier molecular flexibility index (Phi) is 18.0. The number of hydrogen-bond donors (Lipinski definition) is 0. The average molecular weight is 500 g/mol. The van der Waals surface area contributed by atoms with Crippen molar-refractivity contribution in [1.29, 1.82) is 0 Å². The Bertz CT molecular complexity index is 596. The second kappa shape index (κ2) is 18.8. The fourth-order valence-electron chi connectivity index (χ4n) is 4.32. The van der Waals surface area contributed by atoms with Gasteiger partial charge in [0.25, 0.3) is 0 Å². The predicted molar refractivity (Wildman–Crippen MR) is 141 cm³/mol. The maximum absolute atomic E-state index is 12.5. The molecule has 0 bridgehead atoms. The minimum absolute atomic E-state index is 0.0304. The zero-order valence-electron chi connectivity index (χ0n) is 24.0. The summed E-state index contributed by atoms with van der Waals surface area (Å²) in [5.41, 5.74) is 0. The molecule has 0 aromatic rings. The van der Waals surface area contributed by atoms with Crippen LogP contribution in [0, 0.1) is 23.7 Å². The lowest BCUT2D eigenvalue weighted by Gasteiger charge is -2.34. The van der Waals surface area contributed by atoms with E-state index in [1.807, 2.05) is 26.8 Å². The van der Waals surface area contributed by atoms with E-state index in [1.54, 1.807) is 27.5 Å². The number of carbonyl (C=O) groups is 2. The zero-order valence-corrected chi connectivity index (χ0v) is 24.0. The molecule has 7 atom stereocenters. The van der Waals surface area contributed by atoms with Gasteiger partial charge in [-0.3, -0.25) is 9.59 Å². The lowest BCUT2D eigenvalue weighted by Crippen LogP contribution is -2.39. The molecule has 35 heavy (non-hydrogen) atoms. The molecular formula is C28H53NO6. The maximum atomic E-state index is 12.5. The summed E-state index contributed by atoms with van der Waals surface area (Å²) in [5, 5.41) is 0. The molecule has 206 valence electrons. The van der Waals surface area contributed by atoms with Crippen LogP contribution in [0.3, 0.4) is 0 Å². The van der Waals surface area contributed by atoms with Crippen molar-refractivity contribution < 1.29 is 28.5 Å². The molecule has 7 nitrogen and oxygen atoms in total. The topological polar surface area (TPSA) is 74.3 Å². The van der Waals surface area contributed by atoms with Gasteiger partial charge < -0.3 is 23.8 Å². The first kappa shape index (κ1) is 33.6. The van der Waals surface area contributed by atoms with Gasteiger partial charge in [-0.25, -0.2) is 0 Å². The number of hydrogen-bond acceptors (Lipinski definition) is 6. The van der Waals surface area contributed by atoms with Gasteiger partial charge in [0.15, 0.2) is 0 Å². The summed E-state index contributed by atoms with van der Waals surface area (Å²) in [6.45, 7) is 15.0. The largest absolute Gasteiger partial charge is 0.462 e. The van der Waals surface area contributed by atoms with Crippen LogP contribution in [0.15, 0.2) is 12.3 Å². The van der Waals surface area contributed by atoms with E-state index in [2.05, 4.69) is 27.7 Å². The van der Waals surface area contributed by atoms with Crippen LogP contribution in [0.2, 0.25) is 0 Å². The number of nitrogens with zero attached hydrogens (tertiary/aromatic N) is 1. The van der Waals surface area contributed by atoms with Crippen LogP contribution >= 0.6 is 0 Å². The first-order chi connectivity index (χ1) is 16.6. The van der Waals surface area contributed by atoms with Crippen molar-refractivity contribution in [2.24, 2.45) is 23.7 Å². The molecule has 0 spiro atoms. The highest BCUT2D eigenvalue weighted by Crippen LogP contribution is 2.29. The number of amides is 1. The third-order valence-electron chi connectivity index (χ3n) is 6.78. The molecule has 7 heteroatoms. The summed E-state index contributed by atoms with van der Waals surface area (Å²) < 4.78 is 23.7. The SMILES string of the molecule is CCCOC(CC)CC(OC)C(C)CCC(OC(=O)C(C)C)C(C)C(OC)C(C)C=CN(C)C=O. The van der Waals surface area contributed by atoms with Gasteiger partial charge in [-0.1, -0.05) is 54.5 Å². The quantitative estimate of drug-likeness (QED) is 0.163. The standard InChI is InChI=1S/C28H53NO6/c1-11-17-34-24(12-2)18-26(32-9)21(5)13-14-25(35-28(31)20(3)4)23(7)27(33-10)22(6)15-16-29(8)19-30/h15-16,19-27H,11-14,17-18H2,1-10H3. The smallest absolute Gasteiger partial charge is 0.308 e. The van der Waals surface area contributed by atoms with Gasteiger partial charge >= 0.3 is 5.97 Å². The van der Waals surface area contributed by atoms with Gasteiger partial charge in [-0.15, -0.1) is 0 Å². The summed E-state index contributed by atoms with van der Waals surface area (Å²) in [6.07, 6.45) is 8.64. The van der Waals surface area contributed by atoms with E-state index in [4.69, 9.17) is 18.9 Å². The van der Waals surface area contributed by atoms with Crippen molar-refractivity contribution in [3.8, 4) is 0 Å². The third kappa shape index (κ3) is 12.9. The lowest BCUT2D eigenvalue weighted by molar-refractivity contribution is -0.159. The molecule has 0 N–H and O–H groups in total. The number of carbonyl (C=O) groups excluding carboxylic acids is 2. The summed E-state index contributed by atoms with van der Waals surface area (Å²) in [6, 6.07) is 0. The summed E-state index contributed by atoms with van der Waals surface area (Å²) in [7, 11) is 5.14. The average Bonchev–Trinajstić information content (AvgIpc) is 2.84. The van der Waals surface area contributed by atoms with Crippen LogP contribution in [0.5, 0.6) is 0 Å². The summed E-state index contributed by atoms with van der Waals surface area (Å²) in [4.78, 5) is 24.9. The van der Waals surface area contributed by atoms with E-state index >= 15 is 0 Å². The van der Waals surface area contributed by atoms with Gasteiger partial charge in [-0.2, -0.15) is 0 Å². The normalized spacial score (nSPS) is 18.0. The van der Waals surface area contributed by atoms with E-state index in [1.165, 1.54) is 4.90 Å². The molecule has 1 amide bonds. The molecule has 0 saturated carbocycles. The van der Waals surface area contributed by atoms with Crippen molar-refractivity contribution in [2.75, 3.05) is 27.9 Å². The third-order valence-corrected chi connectivity index (χ3v) is 6.78. The molecular weight excluding hydrogens is 446 g/mol. The van der Waals surface area contributed by atoms with Gasteiger partial charge in [0.1, 0.15) is 6.10 Å². The van der Waals surface area contributed by atoms with Crippen LogP contribution in [0.4, 0.5) is 0 Å². The first-order valence-electron chi connectivity index (χ1n) is 13.3. The van der Waals surface area contributed by atoms with Gasteiger partial charge in [0.2, 0.25) is 6.41 Å². The highest BCUT2D eigenvalue weighted by Gasteiger charge is 2.33. The van der Waals surface area contributed by atoms with Crippen LogP contribution < -0.4 is 0 Å². The molecule has 0 aromatic carbocycles. The number of esters is 1. The fraction of sp³-hybridized carbons (Fsp3) is 0.857. The molecule has 0 aromatic heterocycles. The Morgan fingerprint density at radius 2 is 1.63 bits per heavy atom. The highest BCUT2D eigenvalue weighted by atomic mass is 16.5. The predicted octanol–water partition coefficient (Wildman–Crippen LogP) is 5.47. The Hall–Kier alpha value is -1.44. The molecule has 0 aliphatic carbocycles. The van der Waals surface area contributed by atoms with Crippen molar-refractivity contribution >= 4 is 12.4 Å². The number of ether oxygens (including phenoxy) is 4. The minimum atomic E-state index is -0.284. The molecule has 0 aliphatic heterocycles. The molecule has 0 fully saturated rings. The summed E-state index contributed by atoms with van der Waals surface area (Å²) in [5.74, 6) is -0.118. The Labute approximate surface area is 214 Å². The Balaban J connectivity index is 5.45. The summed E-state index contributed by atoms with van der Waals surface area (Å²) >= 11 is 0. The first-order valence-corrected chi connectivity index (χ1v) is 13.3. The molecule has 0 heterocycles. The van der Waals surface area contributed by atoms with Crippen molar-refractivity contribution in [3.63, 3.8) is 0 Å². The van der Waals surface area contributed by atoms with E-state index in [0.717, 1.165) is 45.1 Å². The van der Waals surface area contributed by atoms with E-state index in [-0.39, 0.29) is 54.1 Å². The van der Waals surface area contributed by atoms with Crippen LogP contribution in [0.25, 0.3) is 0 Å². The molecule has 0 aliphatic rings. The lowest BCUT2D eigenvalue weighted by atomic mass is 9.84. The highest BCUT2D eigenvalue weighted by molar-refractivity contribution is 5.71.